The lowest BCUT2D eigenvalue weighted by atomic mass is 10.0. The number of unbranched alkanes of at least 4 members (excludes halogenated alkanes) is 40. The summed E-state index contributed by atoms with van der Waals surface area (Å²) in [4.78, 5) is 14.3. The van der Waals surface area contributed by atoms with Crippen LogP contribution in [0.4, 0.5) is 0 Å². The Labute approximate surface area is 335 Å². The zero-order chi connectivity index (χ0) is 38.6. The Morgan fingerprint density at radius 1 is 0.321 bits per heavy atom. The third-order valence-electron chi connectivity index (χ3n) is 12.2. The number of hydrogen-bond donors (Lipinski definition) is 1. The van der Waals surface area contributed by atoms with Gasteiger partial charge < -0.3 is 5.11 Å². The van der Waals surface area contributed by atoms with Gasteiger partial charge in [0.1, 0.15) is 6.04 Å². The Morgan fingerprint density at radius 2 is 0.491 bits per heavy atom. The Morgan fingerprint density at radius 3 is 0.642 bits per heavy atom. The number of carboxylic acid groups (broad SMARTS) is 1. The molecule has 1 N–H and O–H groups in total. The first kappa shape index (κ1) is 52.4. The van der Waals surface area contributed by atoms with E-state index < -0.39 is 5.97 Å². The quantitative estimate of drug-likeness (QED) is 0.0630. The lowest BCUT2D eigenvalue weighted by molar-refractivity contribution is -0.143. The first-order chi connectivity index (χ1) is 26.2. The van der Waals surface area contributed by atoms with E-state index in [4.69, 9.17) is 0 Å². The van der Waals surface area contributed by atoms with Crippen LogP contribution in [-0.4, -0.2) is 35.1 Å². The average molecular weight is 748 g/mol. The zero-order valence-corrected chi connectivity index (χ0v) is 37.2. The summed E-state index contributed by atoms with van der Waals surface area (Å²) in [6.07, 6.45) is 59.8. The second-order valence-electron chi connectivity index (χ2n) is 17.4. The molecule has 0 aliphatic carbocycles. The molecule has 0 spiro atoms. The molecule has 3 nitrogen and oxygen atoms in total. The molecule has 0 aromatic rings. The van der Waals surface area contributed by atoms with Crippen molar-refractivity contribution in [2.75, 3.05) is 13.1 Å². The van der Waals surface area contributed by atoms with E-state index in [9.17, 15) is 9.90 Å². The number of carboxylic acids is 1. The number of nitrogens with zero attached hydrogens (tertiary/aromatic N) is 1. The molecule has 0 aromatic heterocycles. The molecule has 0 aliphatic rings. The van der Waals surface area contributed by atoms with Gasteiger partial charge in [0.05, 0.1) is 0 Å². The van der Waals surface area contributed by atoms with Crippen molar-refractivity contribution in [1.29, 1.82) is 0 Å². The van der Waals surface area contributed by atoms with Gasteiger partial charge in [0, 0.05) is 0 Å². The maximum Gasteiger partial charge on any atom is 0.320 e. The van der Waals surface area contributed by atoms with Crippen molar-refractivity contribution in [1.82, 2.24) is 4.90 Å². The maximum atomic E-state index is 12.0. The molecular formula is C50H101NO2. The highest BCUT2D eigenvalue weighted by atomic mass is 16.4. The van der Waals surface area contributed by atoms with Crippen molar-refractivity contribution in [3.05, 3.63) is 0 Å². The molecule has 0 saturated carbocycles. The molecule has 1 atom stereocenters. The fourth-order valence-corrected chi connectivity index (χ4v) is 8.51. The summed E-state index contributed by atoms with van der Waals surface area (Å²) in [5, 5.41) is 9.85. The molecule has 0 aliphatic heterocycles. The van der Waals surface area contributed by atoms with Gasteiger partial charge >= 0.3 is 5.97 Å². The smallest absolute Gasteiger partial charge is 0.320 e. The van der Waals surface area contributed by atoms with Crippen LogP contribution >= 0.6 is 0 Å². The highest BCUT2D eigenvalue weighted by molar-refractivity contribution is 5.73. The molecule has 0 radical (unpaired) electrons. The zero-order valence-electron chi connectivity index (χ0n) is 37.2. The van der Waals surface area contributed by atoms with Gasteiger partial charge in [-0.15, -0.1) is 0 Å². The first-order valence-corrected chi connectivity index (χ1v) is 25.1. The lowest BCUT2D eigenvalue weighted by Crippen LogP contribution is -2.42. The van der Waals surface area contributed by atoms with Crippen LogP contribution in [0.15, 0.2) is 0 Å². The minimum Gasteiger partial charge on any atom is -0.480 e. The minimum absolute atomic E-state index is 0.301. The van der Waals surface area contributed by atoms with Gasteiger partial charge in [-0.1, -0.05) is 278 Å². The third kappa shape index (κ3) is 40.9. The second kappa shape index (κ2) is 45.8. The van der Waals surface area contributed by atoms with Crippen LogP contribution in [0.2, 0.25) is 0 Å². The van der Waals surface area contributed by atoms with E-state index >= 15 is 0 Å². The molecule has 53 heavy (non-hydrogen) atoms. The summed E-state index contributed by atoms with van der Waals surface area (Å²) in [6, 6.07) is -0.301. The predicted molar refractivity (Wildman–Crippen MR) is 239 cm³/mol. The van der Waals surface area contributed by atoms with Gasteiger partial charge in [0.2, 0.25) is 0 Å². The van der Waals surface area contributed by atoms with E-state index in [1.807, 2.05) is 6.92 Å². The summed E-state index contributed by atoms with van der Waals surface area (Å²) < 4.78 is 0. The summed E-state index contributed by atoms with van der Waals surface area (Å²) in [5.74, 6) is -0.625. The highest BCUT2D eigenvalue weighted by Gasteiger charge is 2.22. The summed E-state index contributed by atoms with van der Waals surface area (Å²) >= 11 is 0. The maximum absolute atomic E-state index is 12.0. The average Bonchev–Trinajstić information content (AvgIpc) is 3.15. The molecule has 3 heteroatoms. The standard InChI is InChI=1S/C50H101NO2/c1-4-7-9-11-13-15-17-19-21-23-25-27-29-31-33-35-37-39-41-43-45-47-51(49(6-3)50(52)53)48-46-44-42-40-38-36-34-32-30-28-26-24-22-20-18-16-14-12-10-8-5-2/h49H,4-48H2,1-3H3,(H,52,53). The Bertz CT molecular complexity index is 634. The second-order valence-corrected chi connectivity index (χ2v) is 17.4. The van der Waals surface area contributed by atoms with Gasteiger partial charge in [-0.05, 0) is 32.4 Å². The van der Waals surface area contributed by atoms with Gasteiger partial charge in [0.25, 0.3) is 0 Å². The van der Waals surface area contributed by atoms with E-state index in [0.29, 0.717) is 6.42 Å². The Hall–Kier alpha value is -0.570. The van der Waals surface area contributed by atoms with Crippen molar-refractivity contribution in [3.63, 3.8) is 0 Å². The number of hydrogen-bond acceptors (Lipinski definition) is 2. The fourth-order valence-electron chi connectivity index (χ4n) is 8.51. The number of carbonyl (C=O) groups is 1. The van der Waals surface area contributed by atoms with E-state index in [-0.39, 0.29) is 6.04 Å². The van der Waals surface area contributed by atoms with Crippen LogP contribution in [0.3, 0.4) is 0 Å². The summed E-state index contributed by atoms with van der Waals surface area (Å²) in [5.41, 5.74) is 0. The summed E-state index contributed by atoms with van der Waals surface area (Å²) in [7, 11) is 0. The van der Waals surface area contributed by atoms with Crippen molar-refractivity contribution in [2.45, 2.75) is 303 Å². The van der Waals surface area contributed by atoms with Crippen LogP contribution in [0.25, 0.3) is 0 Å². The molecule has 0 saturated heterocycles. The van der Waals surface area contributed by atoms with Crippen molar-refractivity contribution >= 4 is 5.97 Å². The van der Waals surface area contributed by atoms with Crippen LogP contribution in [-0.2, 0) is 4.79 Å². The van der Waals surface area contributed by atoms with E-state index in [1.54, 1.807) is 0 Å². The van der Waals surface area contributed by atoms with Crippen LogP contribution < -0.4 is 0 Å². The van der Waals surface area contributed by atoms with Gasteiger partial charge in [-0.25, -0.2) is 0 Å². The van der Waals surface area contributed by atoms with E-state index in [2.05, 4.69) is 18.7 Å². The van der Waals surface area contributed by atoms with Gasteiger partial charge in [0.15, 0.2) is 0 Å². The SMILES string of the molecule is CCCCCCCCCCCCCCCCCCCCCCCN(CCCCCCCCCCCCCCCCCCCCCCC)C(CC)C(=O)O. The molecule has 0 rings (SSSR count). The minimum atomic E-state index is -0.625. The highest BCUT2D eigenvalue weighted by Crippen LogP contribution is 2.18. The van der Waals surface area contributed by atoms with Crippen LogP contribution in [0.5, 0.6) is 0 Å². The van der Waals surface area contributed by atoms with E-state index in [0.717, 1.165) is 25.9 Å². The van der Waals surface area contributed by atoms with Crippen LogP contribution in [0.1, 0.15) is 297 Å². The summed E-state index contributed by atoms with van der Waals surface area (Å²) in [6.45, 7) is 8.57. The molecule has 0 heterocycles. The number of aliphatic carboxylic acids is 1. The van der Waals surface area contributed by atoms with Crippen molar-refractivity contribution < 1.29 is 9.90 Å². The number of rotatable bonds is 47. The molecule has 1 unspecified atom stereocenters. The monoisotopic (exact) mass is 748 g/mol. The third-order valence-corrected chi connectivity index (χ3v) is 12.2. The van der Waals surface area contributed by atoms with Crippen molar-refractivity contribution in [2.24, 2.45) is 0 Å². The Balaban J connectivity index is 3.60. The van der Waals surface area contributed by atoms with Crippen LogP contribution in [0, 0.1) is 0 Å². The first-order valence-electron chi connectivity index (χ1n) is 25.1. The molecule has 318 valence electrons. The predicted octanol–water partition coefficient (Wildman–Crippen LogP) is 17.6. The van der Waals surface area contributed by atoms with Gasteiger partial charge in [-0.2, -0.15) is 0 Å². The van der Waals surface area contributed by atoms with Crippen molar-refractivity contribution in [3.8, 4) is 0 Å². The lowest BCUT2D eigenvalue weighted by Gasteiger charge is -2.28. The topological polar surface area (TPSA) is 40.5 Å². The largest absolute Gasteiger partial charge is 0.480 e. The molecular weight excluding hydrogens is 647 g/mol. The molecule has 0 aromatic carbocycles. The fraction of sp³-hybridized carbons (Fsp3) is 0.980. The molecule has 0 fully saturated rings. The van der Waals surface area contributed by atoms with E-state index in [1.165, 1.54) is 257 Å². The normalized spacial score (nSPS) is 12.3. The molecule has 0 amide bonds. The molecule has 0 bridgehead atoms. The van der Waals surface area contributed by atoms with Gasteiger partial charge in [-0.3, -0.25) is 9.69 Å². The Kier molecular flexibility index (Phi) is 45.3.